The third-order valence-electron chi connectivity index (χ3n) is 2.10. The maximum atomic E-state index is 13.0. The number of aromatic nitrogens is 2. The smallest absolute Gasteiger partial charge is 0.159 e. The minimum absolute atomic E-state index is 0.00981. The van der Waals surface area contributed by atoms with Crippen molar-refractivity contribution in [3.63, 3.8) is 0 Å². The Morgan fingerprint density at radius 1 is 1.24 bits per heavy atom. The van der Waals surface area contributed by atoms with Crippen LogP contribution >= 0.6 is 11.6 Å². The zero-order valence-corrected chi connectivity index (χ0v) is 9.37. The van der Waals surface area contributed by atoms with Crippen LogP contribution in [0.3, 0.4) is 0 Å². The molecule has 1 aromatic heterocycles. The number of anilines is 4. The lowest BCUT2D eigenvalue weighted by atomic mass is 10.3. The molecule has 5 N–H and O–H groups in total. The van der Waals surface area contributed by atoms with Crippen molar-refractivity contribution in [3.8, 4) is 0 Å². The molecule has 17 heavy (non-hydrogen) atoms. The average Bonchev–Trinajstić information content (AvgIpc) is 2.30. The fourth-order valence-corrected chi connectivity index (χ4v) is 1.40. The zero-order chi connectivity index (χ0) is 12.4. The lowest BCUT2D eigenvalue weighted by Crippen LogP contribution is -2.04. The molecule has 0 saturated heterocycles. The summed E-state index contributed by atoms with van der Waals surface area (Å²) in [6.45, 7) is 0. The van der Waals surface area contributed by atoms with E-state index in [0.717, 1.165) is 0 Å². The minimum Gasteiger partial charge on any atom is -0.393 e. The molecule has 0 bridgehead atoms. The monoisotopic (exact) mass is 253 g/mol. The topological polar surface area (TPSA) is 89.8 Å². The molecule has 0 aliphatic carbocycles. The van der Waals surface area contributed by atoms with Crippen LogP contribution in [0.2, 0.25) is 5.02 Å². The van der Waals surface area contributed by atoms with E-state index in [-0.39, 0.29) is 16.5 Å². The second kappa shape index (κ2) is 4.42. The Bertz CT molecular complexity index is 560. The van der Waals surface area contributed by atoms with Crippen molar-refractivity contribution >= 4 is 34.6 Å². The van der Waals surface area contributed by atoms with Crippen LogP contribution in [-0.4, -0.2) is 9.97 Å². The van der Waals surface area contributed by atoms with Gasteiger partial charge in [-0.05, 0) is 18.2 Å². The van der Waals surface area contributed by atoms with E-state index in [4.69, 9.17) is 23.1 Å². The lowest BCUT2D eigenvalue weighted by Gasteiger charge is -2.09. The molecule has 0 saturated carbocycles. The van der Waals surface area contributed by atoms with E-state index in [0.29, 0.717) is 11.5 Å². The number of nitrogens with zero attached hydrogens (tertiary/aromatic N) is 2. The molecule has 0 radical (unpaired) electrons. The van der Waals surface area contributed by atoms with Gasteiger partial charge in [0.2, 0.25) is 0 Å². The van der Waals surface area contributed by atoms with Crippen molar-refractivity contribution in [1.82, 2.24) is 9.97 Å². The molecule has 2 aromatic rings. The highest BCUT2D eigenvalue weighted by Gasteiger charge is 2.06. The van der Waals surface area contributed by atoms with Crippen LogP contribution in [0, 0.1) is 5.82 Å². The molecule has 1 heterocycles. The van der Waals surface area contributed by atoms with Gasteiger partial charge < -0.3 is 16.8 Å². The molecule has 5 nitrogen and oxygen atoms in total. The van der Waals surface area contributed by atoms with Gasteiger partial charge in [-0.15, -0.1) is 0 Å². The van der Waals surface area contributed by atoms with Crippen LogP contribution < -0.4 is 16.8 Å². The first-order valence-electron chi connectivity index (χ1n) is 4.66. The average molecular weight is 254 g/mol. The molecule has 0 fully saturated rings. The van der Waals surface area contributed by atoms with Gasteiger partial charge in [-0.1, -0.05) is 11.6 Å². The summed E-state index contributed by atoms with van der Waals surface area (Å²) in [6, 6.07) is 4.18. The van der Waals surface area contributed by atoms with Gasteiger partial charge in [0.25, 0.3) is 0 Å². The maximum Gasteiger partial charge on any atom is 0.159 e. The third kappa shape index (κ3) is 2.36. The van der Waals surface area contributed by atoms with Crippen LogP contribution in [0.4, 0.5) is 27.4 Å². The highest BCUT2D eigenvalue weighted by atomic mass is 35.5. The summed E-state index contributed by atoms with van der Waals surface area (Å²) in [7, 11) is 0. The summed E-state index contributed by atoms with van der Waals surface area (Å²) < 4.78 is 13.0. The van der Waals surface area contributed by atoms with Crippen molar-refractivity contribution in [2.75, 3.05) is 16.8 Å². The van der Waals surface area contributed by atoms with Crippen LogP contribution in [0.1, 0.15) is 0 Å². The minimum atomic E-state index is -0.493. The molecular weight excluding hydrogens is 245 g/mol. The number of hydrogen-bond acceptors (Lipinski definition) is 5. The summed E-state index contributed by atoms with van der Waals surface area (Å²) in [5.74, 6) is 0.0308. The molecule has 0 aliphatic heterocycles. The summed E-state index contributed by atoms with van der Waals surface area (Å²) in [4.78, 5) is 7.65. The largest absolute Gasteiger partial charge is 0.393 e. The van der Waals surface area contributed by atoms with Crippen molar-refractivity contribution in [3.05, 3.63) is 35.4 Å². The van der Waals surface area contributed by atoms with E-state index in [1.807, 2.05) is 0 Å². The Labute approximate surface area is 102 Å². The van der Waals surface area contributed by atoms with E-state index >= 15 is 0 Å². The van der Waals surface area contributed by atoms with Crippen LogP contribution in [-0.2, 0) is 0 Å². The van der Waals surface area contributed by atoms with E-state index in [2.05, 4.69) is 15.3 Å². The molecule has 0 unspecified atom stereocenters. The predicted octanol–water partition coefficient (Wildman–Crippen LogP) is 2.18. The van der Waals surface area contributed by atoms with E-state index in [1.165, 1.54) is 24.5 Å². The molecule has 0 amide bonds. The van der Waals surface area contributed by atoms with E-state index in [1.54, 1.807) is 0 Å². The molecule has 2 rings (SSSR count). The molecule has 7 heteroatoms. The number of nitrogens with one attached hydrogen (secondary N) is 1. The van der Waals surface area contributed by atoms with Crippen LogP contribution in [0.25, 0.3) is 0 Å². The SMILES string of the molecule is Nc1ncnc(Nc2ccc(F)c(Cl)c2)c1N. The quantitative estimate of drug-likeness (QED) is 0.763. The highest BCUT2D eigenvalue weighted by Crippen LogP contribution is 2.26. The predicted molar refractivity (Wildman–Crippen MR) is 65.5 cm³/mol. The summed E-state index contributed by atoms with van der Waals surface area (Å²) in [6.07, 6.45) is 1.28. The first-order valence-corrected chi connectivity index (χ1v) is 5.03. The highest BCUT2D eigenvalue weighted by molar-refractivity contribution is 6.31. The standard InChI is InChI=1S/C10H9ClFN5/c11-6-3-5(1-2-7(6)12)17-10-8(13)9(14)15-4-16-10/h1-4H,13H2,(H3,14,15,16,17). The first-order chi connectivity index (χ1) is 8.08. The Kier molecular flexibility index (Phi) is 2.97. The second-order valence-electron chi connectivity index (χ2n) is 3.28. The number of nitrogen functional groups attached to an aromatic ring is 2. The molecule has 0 atom stereocenters. The van der Waals surface area contributed by atoms with Gasteiger partial charge in [0.1, 0.15) is 17.8 Å². The maximum absolute atomic E-state index is 13.0. The lowest BCUT2D eigenvalue weighted by molar-refractivity contribution is 0.628. The van der Waals surface area contributed by atoms with E-state index in [9.17, 15) is 4.39 Å². The van der Waals surface area contributed by atoms with Gasteiger partial charge in [-0.2, -0.15) is 0 Å². The van der Waals surface area contributed by atoms with Crippen molar-refractivity contribution < 1.29 is 4.39 Å². The van der Waals surface area contributed by atoms with E-state index < -0.39 is 5.82 Å². The van der Waals surface area contributed by atoms with Gasteiger partial charge in [0, 0.05) is 5.69 Å². The van der Waals surface area contributed by atoms with Crippen molar-refractivity contribution in [1.29, 1.82) is 0 Å². The molecule has 0 aliphatic rings. The Balaban J connectivity index is 2.31. The summed E-state index contributed by atoms with van der Waals surface area (Å²) >= 11 is 5.65. The normalized spacial score (nSPS) is 10.2. The van der Waals surface area contributed by atoms with Gasteiger partial charge in [-0.25, -0.2) is 14.4 Å². The Morgan fingerprint density at radius 2 is 2.00 bits per heavy atom. The number of hydrogen-bond donors (Lipinski definition) is 3. The van der Waals surface area contributed by atoms with Crippen LogP contribution in [0.5, 0.6) is 0 Å². The van der Waals surface area contributed by atoms with Gasteiger partial charge in [0.15, 0.2) is 11.6 Å². The summed E-state index contributed by atoms with van der Waals surface area (Å²) in [5, 5.41) is 2.88. The fraction of sp³-hybridized carbons (Fsp3) is 0. The van der Waals surface area contributed by atoms with Gasteiger partial charge >= 0.3 is 0 Å². The molecule has 1 aromatic carbocycles. The van der Waals surface area contributed by atoms with Gasteiger partial charge in [-0.3, -0.25) is 0 Å². The third-order valence-corrected chi connectivity index (χ3v) is 2.39. The molecule has 88 valence electrons. The number of nitrogens with two attached hydrogens (primary N) is 2. The van der Waals surface area contributed by atoms with Gasteiger partial charge in [0.05, 0.1) is 5.02 Å². The van der Waals surface area contributed by atoms with Crippen molar-refractivity contribution in [2.24, 2.45) is 0 Å². The number of rotatable bonds is 2. The first kappa shape index (κ1) is 11.4. The number of benzene rings is 1. The molecular formula is C10H9ClFN5. The zero-order valence-electron chi connectivity index (χ0n) is 8.61. The van der Waals surface area contributed by atoms with Crippen LogP contribution in [0.15, 0.2) is 24.5 Å². The fourth-order valence-electron chi connectivity index (χ4n) is 1.22. The Hall–Kier alpha value is -2.08. The second-order valence-corrected chi connectivity index (χ2v) is 3.68. The van der Waals surface area contributed by atoms with Crippen molar-refractivity contribution in [2.45, 2.75) is 0 Å². The number of halogens is 2. The summed E-state index contributed by atoms with van der Waals surface area (Å²) in [5.41, 5.74) is 12.0. The molecule has 0 spiro atoms. The Morgan fingerprint density at radius 3 is 2.71 bits per heavy atom.